The molecule has 6 heteroatoms. The topological polar surface area (TPSA) is 56.2 Å². The summed E-state index contributed by atoms with van der Waals surface area (Å²) < 4.78 is 7.44. The van der Waals surface area contributed by atoms with E-state index >= 15 is 0 Å². The summed E-state index contributed by atoms with van der Waals surface area (Å²) in [5.41, 5.74) is 2.57. The molecule has 3 aromatic heterocycles. The average molecular weight is 263 g/mol. The Morgan fingerprint density at radius 3 is 2.61 bits per heavy atom. The number of hydrogen-bond donors (Lipinski definition) is 0. The molecular formula is C12H11ClN4O. The minimum atomic E-state index is 0.340. The Morgan fingerprint density at radius 2 is 1.94 bits per heavy atom. The van der Waals surface area contributed by atoms with Gasteiger partial charge in [0.2, 0.25) is 0 Å². The molecule has 0 N–H and O–H groups in total. The van der Waals surface area contributed by atoms with Crippen molar-refractivity contribution in [3.05, 3.63) is 34.6 Å². The number of nitrogens with zero attached hydrogens (tertiary/aromatic N) is 4. The fraction of sp³-hybridized carbons (Fsp3) is 0.250. The predicted molar refractivity (Wildman–Crippen MR) is 67.7 cm³/mol. The lowest BCUT2D eigenvalue weighted by molar-refractivity contribution is 0.503. The maximum absolute atomic E-state index is 5.98. The highest BCUT2D eigenvalue weighted by Crippen LogP contribution is 2.30. The van der Waals surface area contributed by atoms with Gasteiger partial charge in [-0.1, -0.05) is 11.6 Å². The van der Waals surface area contributed by atoms with Crippen molar-refractivity contribution in [1.29, 1.82) is 0 Å². The number of aryl methyl sites for hydroxylation is 2. The molecular weight excluding hydrogens is 252 g/mol. The largest absolute Gasteiger partial charge is 0.466 e. The molecule has 0 aliphatic rings. The monoisotopic (exact) mass is 262 g/mol. The minimum absolute atomic E-state index is 0.340. The van der Waals surface area contributed by atoms with Gasteiger partial charge in [-0.25, -0.2) is 4.98 Å². The van der Waals surface area contributed by atoms with Crippen molar-refractivity contribution >= 4 is 17.2 Å². The molecule has 0 amide bonds. The third kappa shape index (κ3) is 1.44. The molecule has 3 aromatic rings. The summed E-state index contributed by atoms with van der Waals surface area (Å²) in [6, 6.07) is 0. The zero-order chi connectivity index (χ0) is 12.9. The summed E-state index contributed by atoms with van der Waals surface area (Å²) in [4.78, 5) is 3.98. The molecule has 0 aromatic carbocycles. The Labute approximate surface area is 108 Å². The van der Waals surface area contributed by atoms with Gasteiger partial charge in [-0.05, 0) is 20.8 Å². The van der Waals surface area contributed by atoms with E-state index in [9.17, 15) is 0 Å². The van der Waals surface area contributed by atoms with Crippen molar-refractivity contribution in [2.45, 2.75) is 20.8 Å². The molecule has 5 nitrogen and oxygen atoms in total. The Morgan fingerprint density at radius 1 is 1.17 bits per heavy atom. The van der Waals surface area contributed by atoms with Crippen molar-refractivity contribution in [3.8, 4) is 11.4 Å². The highest BCUT2D eigenvalue weighted by molar-refractivity contribution is 6.32. The van der Waals surface area contributed by atoms with Gasteiger partial charge in [0.15, 0.2) is 16.6 Å². The molecule has 0 unspecified atom stereocenters. The molecule has 0 bridgehead atoms. The van der Waals surface area contributed by atoms with Gasteiger partial charge >= 0.3 is 0 Å². The zero-order valence-electron chi connectivity index (χ0n) is 10.2. The van der Waals surface area contributed by atoms with E-state index in [-0.39, 0.29) is 0 Å². The molecule has 0 aliphatic heterocycles. The van der Waals surface area contributed by atoms with E-state index in [2.05, 4.69) is 15.2 Å². The molecule has 0 saturated heterocycles. The van der Waals surface area contributed by atoms with E-state index in [0.717, 1.165) is 28.5 Å². The highest BCUT2D eigenvalue weighted by Gasteiger charge is 2.19. The van der Waals surface area contributed by atoms with Crippen LogP contribution in [0.4, 0.5) is 0 Å². The maximum Gasteiger partial charge on any atom is 0.198 e. The molecule has 92 valence electrons. The van der Waals surface area contributed by atoms with Gasteiger partial charge in [0.25, 0.3) is 0 Å². The van der Waals surface area contributed by atoms with Crippen molar-refractivity contribution in [2.24, 2.45) is 0 Å². The highest BCUT2D eigenvalue weighted by atomic mass is 35.5. The smallest absolute Gasteiger partial charge is 0.198 e. The number of halogens is 1. The molecule has 3 rings (SSSR count). The molecule has 0 radical (unpaired) electrons. The van der Waals surface area contributed by atoms with E-state index in [4.69, 9.17) is 16.0 Å². The summed E-state index contributed by atoms with van der Waals surface area (Å²) in [6.45, 7) is 5.85. The van der Waals surface area contributed by atoms with Crippen molar-refractivity contribution in [1.82, 2.24) is 19.6 Å². The van der Waals surface area contributed by atoms with Crippen LogP contribution in [-0.4, -0.2) is 19.6 Å². The number of furan rings is 1. The number of aromatic nitrogens is 4. The summed E-state index contributed by atoms with van der Waals surface area (Å²) in [6.07, 6.45) is 3.41. The van der Waals surface area contributed by atoms with Gasteiger partial charge < -0.3 is 4.42 Å². The van der Waals surface area contributed by atoms with Gasteiger partial charge in [-0.3, -0.25) is 4.40 Å². The Kier molecular flexibility index (Phi) is 2.38. The van der Waals surface area contributed by atoms with Crippen molar-refractivity contribution in [3.63, 3.8) is 0 Å². The second-order valence-electron chi connectivity index (χ2n) is 4.15. The SMILES string of the molecule is Cc1oc(C)c(-c2nnc3c(Cl)nccn23)c1C. The standard InChI is InChI=1S/C12H11ClN4O/c1-6-7(2)18-8(3)9(6)11-15-16-12-10(13)14-4-5-17(11)12/h4-5H,1-3H3. The molecule has 0 atom stereocenters. The van der Waals surface area contributed by atoms with Crippen LogP contribution in [0.1, 0.15) is 17.1 Å². The first-order chi connectivity index (χ1) is 8.59. The number of rotatable bonds is 1. The van der Waals surface area contributed by atoms with E-state index in [1.54, 1.807) is 12.4 Å². The fourth-order valence-electron chi connectivity index (χ4n) is 2.09. The minimum Gasteiger partial charge on any atom is -0.466 e. The van der Waals surface area contributed by atoms with Crippen LogP contribution in [0.15, 0.2) is 16.8 Å². The van der Waals surface area contributed by atoms with E-state index < -0.39 is 0 Å². The summed E-state index contributed by atoms with van der Waals surface area (Å²) in [7, 11) is 0. The normalized spacial score (nSPS) is 11.3. The number of hydrogen-bond acceptors (Lipinski definition) is 4. The Balaban J connectivity index is 2.36. The third-order valence-corrected chi connectivity index (χ3v) is 3.34. The first kappa shape index (κ1) is 11.2. The van der Waals surface area contributed by atoms with Gasteiger partial charge in [0.05, 0.1) is 5.56 Å². The molecule has 18 heavy (non-hydrogen) atoms. The lowest BCUT2D eigenvalue weighted by atomic mass is 10.1. The first-order valence-electron chi connectivity index (χ1n) is 5.51. The molecule has 0 aliphatic carbocycles. The van der Waals surface area contributed by atoms with E-state index in [1.807, 2.05) is 25.2 Å². The van der Waals surface area contributed by atoms with Crippen LogP contribution < -0.4 is 0 Å². The van der Waals surface area contributed by atoms with Gasteiger partial charge in [0.1, 0.15) is 11.5 Å². The summed E-state index contributed by atoms with van der Waals surface area (Å²) >= 11 is 5.98. The van der Waals surface area contributed by atoms with Crippen LogP contribution in [-0.2, 0) is 0 Å². The van der Waals surface area contributed by atoms with Crippen LogP contribution >= 0.6 is 11.6 Å². The van der Waals surface area contributed by atoms with Crippen LogP contribution in [0.2, 0.25) is 5.15 Å². The zero-order valence-corrected chi connectivity index (χ0v) is 11.0. The Hall–Kier alpha value is -1.88. The average Bonchev–Trinajstić information content (AvgIpc) is 2.84. The van der Waals surface area contributed by atoms with Crippen LogP contribution in [0.3, 0.4) is 0 Å². The fourth-order valence-corrected chi connectivity index (χ4v) is 2.27. The van der Waals surface area contributed by atoms with Gasteiger partial charge in [-0.2, -0.15) is 0 Å². The lowest BCUT2D eigenvalue weighted by Gasteiger charge is -2.00. The van der Waals surface area contributed by atoms with Gasteiger partial charge in [0, 0.05) is 18.0 Å². The van der Waals surface area contributed by atoms with Crippen molar-refractivity contribution in [2.75, 3.05) is 0 Å². The predicted octanol–water partition coefficient (Wildman–Crippen LogP) is 2.96. The molecule has 0 saturated carbocycles. The second-order valence-corrected chi connectivity index (χ2v) is 4.51. The lowest BCUT2D eigenvalue weighted by Crippen LogP contribution is -1.92. The van der Waals surface area contributed by atoms with Crippen LogP contribution in [0.25, 0.3) is 17.0 Å². The number of fused-ring (bicyclic) bond motifs is 1. The van der Waals surface area contributed by atoms with Crippen LogP contribution in [0, 0.1) is 20.8 Å². The second kappa shape index (κ2) is 3.81. The Bertz CT molecular complexity index is 744. The molecule has 0 spiro atoms. The molecule has 3 heterocycles. The summed E-state index contributed by atoms with van der Waals surface area (Å²) in [5, 5.41) is 8.59. The quantitative estimate of drug-likeness (QED) is 0.677. The first-order valence-corrected chi connectivity index (χ1v) is 5.89. The molecule has 0 fully saturated rings. The van der Waals surface area contributed by atoms with Crippen LogP contribution in [0.5, 0.6) is 0 Å². The maximum atomic E-state index is 5.98. The summed E-state index contributed by atoms with van der Waals surface area (Å²) in [5.74, 6) is 2.44. The van der Waals surface area contributed by atoms with E-state index in [0.29, 0.717) is 10.8 Å². The van der Waals surface area contributed by atoms with E-state index in [1.165, 1.54) is 0 Å². The third-order valence-electron chi connectivity index (χ3n) is 3.07. The van der Waals surface area contributed by atoms with Gasteiger partial charge in [-0.15, -0.1) is 10.2 Å². The van der Waals surface area contributed by atoms with Crippen molar-refractivity contribution < 1.29 is 4.42 Å².